The minimum Gasteiger partial charge on any atom is -0.389 e. The molecule has 0 saturated heterocycles. The number of likely N-dealkylation sites (N-methyl/N-ethyl adjacent to an activating group) is 1. The van der Waals surface area contributed by atoms with Gasteiger partial charge in [0.15, 0.2) is 4.87 Å². The molecule has 1 aliphatic heterocycles. The van der Waals surface area contributed by atoms with Gasteiger partial charge in [-0.25, -0.2) is 0 Å². The molecule has 31 heavy (non-hydrogen) atoms. The number of azide groups is 1. The molecule has 5 atom stereocenters. The molecule has 1 rings (SSSR count). The lowest BCUT2D eigenvalue weighted by molar-refractivity contribution is -0.139. The van der Waals surface area contributed by atoms with Crippen LogP contribution in [0.4, 0.5) is 0 Å². The Balaban J connectivity index is 3.26. The Bertz CT molecular complexity index is 675. The molecule has 10 nitrogen and oxygen atoms in total. The Hall–Kier alpha value is -1.94. The topological polar surface area (TPSA) is 140 Å². The zero-order valence-electron chi connectivity index (χ0n) is 19.2. The highest BCUT2D eigenvalue weighted by atomic mass is 32.2. The molecule has 0 fully saturated rings. The number of methoxy groups -OCH3 is 1. The maximum Gasteiger partial charge on any atom is 0.259 e. The van der Waals surface area contributed by atoms with Gasteiger partial charge in [0.05, 0.1) is 12.7 Å². The van der Waals surface area contributed by atoms with Crippen LogP contribution in [0.25, 0.3) is 10.4 Å². The predicted molar refractivity (Wildman–Crippen MR) is 122 cm³/mol. The number of nitrogens with one attached hydrogen (secondary N) is 2. The summed E-state index contributed by atoms with van der Waals surface area (Å²) >= 11 is 1.20. The molecule has 2 amide bonds. The minimum atomic E-state index is -1.27. The lowest BCUT2D eigenvalue weighted by Crippen LogP contribution is -2.60. The number of rotatable bonds is 13. The van der Waals surface area contributed by atoms with Crippen molar-refractivity contribution in [2.45, 2.75) is 63.6 Å². The van der Waals surface area contributed by atoms with Gasteiger partial charge in [-0.15, -0.1) is 0 Å². The number of carbonyl (C=O) groups is 2. The summed E-state index contributed by atoms with van der Waals surface area (Å²) in [7, 11) is 3.06. The maximum absolute atomic E-state index is 13.5. The Morgan fingerprint density at radius 3 is 2.55 bits per heavy atom. The molecule has 0 spiro atoms. The molecule has 0 bridgehead atoms. The van der Waals surface area contributed by atoms with Crippen LogP contribution in [0.5, 0.6) is 0 Å². The van der Waals surface area contributed by atoms with E-state index in [4.69, 9.17) is 10.3 Å². The van der Waals surface area contributed by atoms with Crippen molar-refractivity contribution in [2.75, 3.05) is 27.3 Å². The molecule has 0 aromatic heterocycles. The van der Waals surface area contributed by atoms with Crippen molar-refractivity contribution in [3.05, 3.63) is 22.1 Å². The second kappa shape index (κ2) is 12.8. The molecule has 1 unspecified atom stereocenters. The molecular weight excluding hydrogens is 420 g/mol. The molecule has 0 aliphatic carbocycles. The molecule has 0 aromatic carbocycles. The van der Waals surface area contributed by atoms with Gasteiger partial charge in [0.25, 0.3) is 5.91 Å². The average Bonchev–Trinajstić information content (AvgIpc) is 3.26. The van der Waals surface area contributed by atoms with Gasteiger partial charge in [0.2, 0.25) is 5.91 Å². The van der Waals surface area contributed by atoms with Crippen LogP contribution in [0.3, 0.4) is 0 Å². The fourth-order valence-corrected chi connectivity index (χ4v) is 4.55. The molecule has 11 heteroatoms. The number of amides is 2. The number of hydrogen-bond acceptors (Lipinski definition) is 7. The van der Waals surface area contributed by atoms with Crippen molar-refractivity contribution in [3.8, 4) is 0 Å². The summed E-state index contributed by atoms with van der Waals surface area (Å²) in [6.07, 6.45) is 1.38. The first-order valence-corrected chi connectivity index (χ1v) is 11.4. The van der Waals surface area contributed by atoms with Crippen molar-refractivity contribution in [1.82, 2.24) is 15.5 Å². The number of carbonyl (C=O) groups excluding carboxylic acids is 2. The maximum atomic E-state index is 13.5. The Labute approximate surface area is 188 Å². The van der Waals surface area contributed by atoms with E-state index >= 15 is 0 Å². The highest BCUT2D eigenvalue weighted by Crippen LogP contribution is 2.35. The van der Waals surface area contributed by atoms with Gasteiger partial charge in [-0.1, -0.05) is 51.0 Å². The van der Waals surface area contributed by atoms with Crippen molar-refractivity contribution in [3.63, 3.8) is 0 Å². The summed E-state index contributed by atoms with van der Waals surface area (Å²) in [6, 6.07) is -1.25. The van der Waals surface area contributed by atoms with Crippen LogP contribution in [0.15, 0.2) is 16.7 Å². The van der Waals surface area contributed by atoms with Gasteiger partial charge >= 0.3 is 0 Å². The predicted octanol–water partition coefficient (Wildman–Crippen LogP) is 2.21. The van der Waals surface area contributed by atoms with E-state index in [1.165, 1.54) is 18.8 Å². The van der Waals surface area contributed by atoms with Crippen LogP contribution < -0.4 is 10.6 Å². The van der Waals surface area contributed by atoms with Gasteiger partial charge < -0.3 is 25.4 Å². The molecule has 0 saturated carbocycles. The normalized spacial score (nSPS) is 21.5. The molecule has 0 aromatic rings. The fourth-order valence-electron chi connectivity index (χ4n) is 3.60. The second-order valence-corrected chi connectivity index (χ2v) is 9.15. The van der Waals surface area contributed by atoms with E-state index in [-0.39, 0.29) is 36.6 Å². The first-order chi connectivity index (χ1) is 14.7. The van der Waals surface area contributed by atoms with Crippen LogP contribution in [-0.2, 0) is 14.3 Å². The van der Waals surface area contributed by atoms with Crippen LogP contribution in [0.2, 0.25) is 0 Å². The van der Waals surface area contributed by atoms with Gasteiger partial charge in [0.1, 0.15) is 6.04 Å². The van der Waals surface area contributed by atoms with Crippen LogP contribution in [0, 0.1) is 11.8 Å². The Morgan fingerprint density at radius 2 is 2.10 bits per heavy atom. The van der Waals surface area contributed by atoms with E-state index in [1.807, 2.05) is 27.7 Å². The molecular formula is C20H36N6O4S. The first-order valence-electron chi connectivity index (χ1n) is 10.5. The van der Waals surface area contributed by atoms with Crippen molar-refractivity contribution >= 4 is 23.6 Å². The summed E-state index contributed by atoms with van der Waals surface area (Å²) in [5, 5.41) is 22.2. The lowest BCUT2D eigenvalue weighted by atomic mass is 9.90. The standard InChI is InChI=1S/C20H36N6O4S/c1-7-14(4)17(24-25-21)18(28)26(9-10-30-6)15(13(2)3)12-16(27)20(19(29)22-5)23-8-11-31-20/h8,11,13-17,23,27H,7,9-10,12H2,1-6H3,(H,22,29)/t14-,15+,16+,17-,20?/m0/s1. The third kappa shape index (κ3) is 6.52. The second-order valence-electron chi connectivity index (χ2n) is 8.00. The number of thioether (sulfide) groups is 1. The van der Waals surface area contributed by atoms with E-state index in [9.17, 15) is 14.7 Å². The largest absolute Gasteiger partial charge is 0.389 e. The van der Waals surface area contributed by atoms with Crippen molar-refractivity contribution < 1.29 is 19.4 Å². The third-order valence-electron chi connectivity index (χ3n) is 5.72. The zero-order chi connectivity index (χ0) is 23.6. The smallest absolute Gasteiger partial charge is 0.259 e. The Kier molecular flexibility index (Phi) is 11.2. The van der Waals surface area contributed by atoms with Gasteiger partial charge in [0, 0.05) is 37.9 Å². The monoisotopic (exact) mass is 456 g/mol. The van der Waals surface area contributed by atoms with E-state index < -0.39 is 23.1 Å². The SMILES string of the molecule is CC[C@H](C)[C@H](N=[N+]=[N-])C(=O)N(CCOC)[C@H](C[C@@H](O)C1(C(=O)NC)NC=CS1)C(C)C. The van der Waals surface area contributed by atoms with E-state index in [0.717, 1.165) is 0 Å². The number of aliphatic hydroxyl groups is 1. The van der Waals surface area contributed by atoms with Gasteiger partial charge in [-0.3, -0.25) is 9.59 Å². The number of hydrogen-bond donors (Lipinski definition) is 3. The molecule has 0 radical (unpaired) electrons. The summed E-state index contributed by atoms with van der Waals surface area (Å²) in [5.41, 5.74) is 9.01. The lowest BCUT2D eigenvalue weighted by Gasteiger charge is -2.40. The van der Waals surface area contributed by atoms with Crippen molar-refractivity contribution in [2.24, 2.45) is 17.0 Å². The van der Waals surface area contributed by atoms with E-state index in [1.54, 1.807) is 23.6 Å². The number of nitrogens with zero attached hydrogens (tertiary/aromatic N) is 4. The van der Waals surface area contributed by atoms with E-state index in [2.05, 4.69) is 20.7 Å². The van der Waals surface area contributed by atoms with Crippen LogP contribution in [-0.4, -0.2) is 72.2 Å². The zero-order valence-corrected chi connectivity index (χ0v) is 20.1. The van der Waals surface area contributed by atoms with Crippen LogP contribution >= 0.6 is 11.8 Å². The number of aliphatic hydroxyl groups excluding tert-OH is 1. The average molecular weight is 457 g/mol. The highest BCUT2D eigenvalue weighted by molar-refractivity contribution is 8.04. The first kappa shape index (κ1) is 27.1. The summed E-state index contributed by atoms with van der Waals surface area (Å²) < 4.78 is 5.21. The highest BCUT2D eigenvalue weighted by Gasteiger charge is 2.48. The Morgan fingerprint density at radius 1 is 1.42 bits per heavy atom. The number of ether oxygens (including phenoxy) is 1. The van der Waals surface area contributed by atoms with Crippen LogP contribution in [0.1, 0.15) is 40.5 Å². The quantitative estimate of drug-likeness (QED) is 0.220. The molecule has 176 valence electrons. The minimum absolute atomic E-state index is 0.0276. The van der Waals surface area contributed by atoms with Crippen molar-refractivity contribution in [1.29, 1.82) is 0 Å². The molecule has 1 aliphatic rings. The van der Waals surface area contributed by atoms with E-state index in [0.29, 0.717) is 13.0 Å². The summed E-state index contributed by atoms with van der Waals surface area (Å²) in [6.45, 7) is 8.29. The molecule has 1 heterocycles. The summed E-state index contributed by atoms with van der Waals surface area (Å²) in [5.74, 6) is -0.812. The molecule has 3 N–H and O–H groups in total. The van der Waals surface area contributed by atoms with Gasteiger partial charge in [-0.05, 0) is 29.2 Å². The summed E-state index contributed by atoms with van der Waals surface area (Å²) in [4.78, 5) is 29.3. The van der Waals surface area contributed by atoms with Gasteiger partial charge in [-0.2, -0.15) is 0 Å². The fraction of sp³-hybridized carbons (Fsp3) is 0.800. The third-order valence-corrected chi connectivity index (χ3v) is 6.94.